The molecule has 0 radical (unpaired) electrons. The molecule has 0 aliphatic heterocycles. The van der Waals surface area contributed by atoms with Gasteiger partial charge in [0.25, 0.3) is 5.91 Å². The zero-order valence-corrected chi connectivity index (χ0v) is 12.5. The molecule has 0 atom stereocenters. The first-order valence-corrected chi connectivity index (χ1v) is 7.07. The molecule has 2 aromatic rings. The van der Waals surface area contributed by atoms with Gasteiger partial charge in [0.1, 0.15) is 11.5 Å². The maximum absolute atomic E-state index is 11.9. The fraction of sp³-hybridized carbons (Fsp3) is 0.267. The molecule has 2 rings (SSSR count). The average molecular weight is 291 g/mol. The largest absolute Gasteiger partial charge is 0.496 e. The molecular weight excluding hydrogens is 274 g/mol. The van der Waals surface area contributed by atoms with Gasteiger partial charge in [-0.1, -0.05) is 6.07 Å². The lowest BCUT2D eigenvalue weighted by Crippen LogP contribution is -2.22. The van der Waals surface area contributed by atoms with Crippen molar-refractivity contribution in [1.29, 1.82) is 0 Å². The van der Waals surface area contributed by atoms with Gasteiger partial charge in [0, 0.05) is 12.1 Å². The maximum atomic E-state index is 11.9. The lowest BCUT2D eigenvalue weighted by atomic mass is 10.1. The molecule has 0 fully saturated rings. The monoisotopic (exact) mass is 291 g/mol. The molecule has 1 heterocycles. The van der Waals surface area contributed by atoms with Crippen LogP contribution in [-0.2, 0) is 6.54 Å². The highest BCUT2D eigenvalue weighted by Gasteiger charge is 2.11. The van der Waals surface area contributed by atoms with Gasteiger partial charge in [0.2, 0.25) is 0 Å². The molecule has 0 aliphatic rings. The van der Waals surface area contributed by atoms with E-state index in [0.29, 0.717) is 11.4 Å². The van der Waals surface area contributed by atoms with Crippen LogP contribution in [-0.4, -0.2) is 20.1 Å². The first-order valence-electron chi connectivity index (χ1n) is 6.19. The van der Waals surface area contributed by atoms with Gasteiger partial charge < -0.3 is 14.8 Å². The van der Waals surface area contributed by atoms with Crippen LogP contribution in [0.15, 0.2) is 29.6 Å². The smallest absolute Gasteiger partial charge is 0.261 e. The summed E-state index contributed by atoms with van der Waals surface area (Å²) in [6.45, 7) is 2.35. The van der Waals surface area contributed by atoms with Gasteiger partial charge in [-0.2, -0.15) is 0 Å². The molecule has 0 aliphatic carbocycles. The Morgan fingerprint density at radius 1 is 1.25 bits per heavy atom. The van der Waals surface area contributed by atoms with Crippen molar-refractivity contribution in [2.45, 2.75) is 13.5 Å². The van der Waals surface area contributed by atoms with E-state index >= 15 is 0 Å². The number of benzene rings is 1. The van der Waals surface area contributed by atoms with E-state index < -0.39 is 0 Å². The highest BCUT2D eigenvalue weighted by Crippen LogP contribution is 2.28. The second kappa shape index (κ2) is 6.43. The summed E-state index contributed by atoms with van der Waals surface area (Å²) >= 11 is 1.42. The van der Waals surface area contributed by atoms with Crippen LogP contribution in [0, 0.1) is 6.92 Å². The highest BCUT2D eigenvalue weighted by atomic mass is 32.1. The van der Waals surface area contributed by atoms with Crippen LogP contribution in [0.5, 0.6) is 11.5 Å². The Morgan fingerprint density at radius 3 is 2.60 bits per heavy atom. The van der Waals surface area contributed by atoms with Crippen molar-refractivity contribution in [2.75, 3.05) is 14.2 Å². The molecule has 1 N–H and O–H groups in total. The second-order valence-corrected chi connectivity index (χ2v) is 5.24. The Bertz CT molecular complexity index is 593. The summed E-state index contributed by atoms with van der Waals surface area (Å²) in [4.78, 5) is 12.6. The first kappa shape index (κ1) is 14.4. The standard InChI is InChI=1S/C15H17NO3S/c1-10-7-13(19-3)11(8-12(10)18-2)9-16-15(17)14-5-4-6-20-14/h4-8H,9H2,1-3H3,(H,16,17). The molecule has 1 aromatic heterocycles. The Labute approximate surface area is 122 Å². The summed E-state index contributed by atoms with van der Waals surface area (Å²) in [6.07, 6.45) is 0. The fourth-order valence-corrected chi connectivity index (χ4v) is 2.56. The minimum absolute atomic E-state index is 0.0819. The average Bonchev–Trinajstić information content (AvgIpc) is 2.99. The number of ether oxygens (including phenoxy) is 2. The van der Waals surface area contributed by atoms with Gasteiger partial charge in [-0.15, -0.1) is 11.3 Å². The zero-order valence-electron chi connectivity index (χ0n) is 11.7. The Kier molecular flexibility index (Phi) is 4.63. The van der Waals surface area contributed by atoms with Crippen molar-refractivity contribution in [3.63, 3.8) is 0 Å². The Hall–Kier alpha value is -2.01. The van der Waals surface area contributed by atoms with Crippen LogP contribution in [0.1, 0.15) is 20.8 Å². The van der Waals surface area contributed by atoms with Gasteiger partial charge >= 0.3 is 0 Å². The molecular formula is C15H17NO3S. The number of methoxy groups -OCH3 is 2. The van der Waals surface area contributed by atoms with Crippen LogP contribution in [0.25, 0.3) is 0 Å². The van der Waals surface area contributed by atoms with Crippen molar-refractivity contribution < 1.29 is 14.3 Å². The number of amides is 1. The number of carbonyl (C=O) groups is 1. The van der Waals surface area contributed by atoms with E-state index in [1.807, 2.05) is 30.5 Å². The fourth-order valence-electron chi connectivity index (χ4n) is 1.92. The lowest BCUT2D eigenvalue weighted by Gasteiger charge is -2.13. The second-order valence-electron chi connectivity index (χ2n) is 4.29. The van der Waals surface area contributed by atoms with Crippen molar-refractivity contribution in [2.24, 2.45) is 0 Å². The minimum atomic E-state index is -0.0819. The van der Waals surface area contributed by atoms with Gasteiger partial charge in [-0.25, -0.2) is 0 Å². The molecule has 1 amide bonds. The summed E-state index contributed by atoms with van der Waals surface area (Å²) in [6, 6.07) is 7.45. The van der Waals surface area contributed by atoms with Gasteiger partial charge in [-0.05, 0) is 36.1 Å². The molecule has 4 nitrogen and oxygen atoms in total. The summed E-state index contributed by atoms with van der Waals surface area (Å²) < 4.78 is 10.6. The lowest BCUT2D eigenvalue weighted by molar-refractivity contribution is 0.0954. The van der Waals surface area contributed by atoms with Gasteiger partial charge in [-0.3, -0.25) is 4.79 Å². The van der Waals surface area contributed by atoms with E-state index in [4.69, 9.17) is 9.47 Å². The topological polar surface area (TPSA) is 47.6 Å². The quantitative estimate of drug-likeness (QED) is 0.921. The molecule has 0 spiro atoms. The highest BCUT2D eigenvalue weighted by molar-refractivity contribution is 7.12. The molecule has 0 saturated heterocycles. The third-order valence-electron chi connectivity index (χ3n) is 2.98. The number of thiophene rings is 1. The molecule has 0 saturated carbocycles. The van der Waals surface area contributed by atoms with Crippen molar-refractivity contribution in [1.82, 2.24) is 5.32 Å². The molecule has 0 unspecified atom stereocenters. The SMILES string of the molecule is COc1cc(CNC(=O)c2cccs2)c(OC)cc1C. The number of carbonyl (C=O) groups excluding carboxylic acids is 1. The van der Waals surface area contributed by atoms with Gasteiger partial charge in [0.15, 0.2) is 0 Å². The Morgan fingerprint density at radius 2 is 2.00 bits per heavy atom. The van der Waals surface area contributed by atoms with E-state index in [0.717, 1.165) is 22.6 Å². The minimum Gasteiger partial charge on any atom is -0.496 e. The predicted molar refractivity (Wildman–Crippen MR) is 79.8 cm³/mol. The summed E-state index contributed by atoms with van der Waals surface area (Å²) in [5.74, 6) is 1.45. The summed E-state index contributed by atoms with van der Waals surface area (Å²) in [7, 11) is 3.24. The van der Waals surface area contributed by atoms with E-state index in [2.05, 4.69) is 5.32 Å². The predicted octanol–water partition coefficient (Wildman–Crippen LogP) is 3.00. The number of hydrogen-bond donors (Lipinski definition) is 1. The normalized spacial score (nSPS) is 10.2. The molecule has 20 heavy (non-hydrogen) atoms. The van der Waals surface area contributed by atoms with Crippen LogP contribution in [0.4, 0.5) is 0 Å². The summed E-state index contributed by atoms with van der Waals surface area (Å²) in [5.41, 5.74) is 1.89. The first-order chi connectivity index (χ1) is 9.65. The van der Waals surface area contributed by atoms with Crippen molar-refractivity contribution >= 4 is 17.2 Å². The molecule has 1 aromatic carbocycles. The number of nitrogens with one attached hydrogen (secondary N) is 1. The zero-order chi connectivity index (χ0) is 14.5. The van der Waals surface area contributed by atoms with Crippen molar-refractivity contribution in [3.8, 4) is 11.5 Å². The van der Waals surface area contributed by atoms with E-state index in [1.165, 1.54) is 11.3 Å². The summed E-state index contributed by atoms with van der Waals surface area (Å²) in [5, 5.41) is 4.76. The number of hydrogen-bond acceptors (Lipinski definition) is 4. The van der Waals surface area contributed by atoms with Crippen LogP contribution in [0.3, 0.4) is 0 Å². The maximum Gasteiger partial charge on any atom is 0.261 e. The Balaban J connectivity index is 2.14. The van der Waals surface area contributed by atoms with Crippen LogP contribution in [0.2, 0.25) is 0 Å². The van der Waals surface area contributed by atoms with Crippen LogP contribution < -0.4 is 14.8 Å². The molecule has 106 valence electrons. The van der Waals surface area contributed by atoms with Crippen molar-refractivity contribution in [3.05, 3.63) is 45.6 Å². The van der Waals surface area contributed by atoms with Gasteiger partial charge in [0.05, 0.1) is 19.1 Å². The number of aryl methyl sites for hydroxylation is 1. The third-order valence-corrected chi connectivity index (χ3v) is 3.85. The van der Waals surface area contributed by atoms with Crippen LogP contribution >= 0.6 is 11.3 Å². The molecule has 5 heteroatoms. The van der Waals surface area contributed by atoms with E-state index in [-0.39, 0.29) is 5.91 Å². The number of rotatable bonds is 5. The third kappa shape index (κ3) is 3.11. The van der Waals surface area contributed by atoms with E-state index in [9.17, 15) is 4.79 Å². The molecule has 0 bridgehead atoms. The van der Waals surface area contributed by atoms with E-state index in [1.54, 1.807) is 20.3 Å².